The van der Waals surface area contributed by atoms with E-state index in [9.17, 15) is 0 Å². The van der Waals surface area contributed by atoms with Gasteiger partial charge in [-0.3, -0.25) is 0 Å². The van der Waals surface area contributed by atoms with Crippen molar-refractivity contribution in [2.45, 2.75) is 7.43 Å². The molecule has 0 atom stereocenters. The first-order valence-corrected chi connectivity index (χ1v) is 0.858. The molecule has 8 nitrogen and oxygen atoms in total. The Bertz CT molecular complexity index is 104. The first-order valence-electron chi connectivity index (χ1n) is 0.858. The van der Waals surface area contributed by atoms with E-state index in [2.05, 4.69) is 0 Å². The van der Waals surface area contributed by atoms with E-state index in [1.165, 1.54) is 0 Å². The molecule has 11 heavy (non-hydrogen) atoms. The van der Waals surface area contributed by atoms with E-state index in [0.717, 1.165) is 11.9 Å². The molecule has 8 N–H and O–H groups in total. The van der Waals surface area contributed by atoms with Gasteiger partial charge < -0.3 is 21.9 Å². The fourth-order valence-electron chi connectivity index (χ4n) is 0. The third-order valence-electron chi connectivity index (χ3n) is 0.0417. The van der Waals surface area contributed by atoms with E-state index in [1.807, 2.05) is 0 Å². The van der Waals surface area contributed by atoms with Gasteiger partial charge in [-0.25, -0.2) is 9.59 Å². The second-order valence-electron chi connectivity index (χ2n) is 0.204. The maximum Gasteiger partial charge on any atom is 0.221 e. The molecule has 0 radical (unpaired) electrons. The van der Waals surface area contributed by atoms with Crippen LogP contribution < -0.4 is 0 Å². The van der Waals surface area contributed by atoms with Crippen LogP contribution in [0.25, 0.3) is 0 Å². The maximum absolute atomic E-state index is 8.62. The van der Waals surface area contributed by atoms with Crippen LogP contribution in [0.4, 0.5) is 0 Å². The lowest BCUT2D eigenvalue weighted by Gasteiger charge is -1.07. The van der Waals surface area contributed by atoms with Gasteiger partial charge in [-0.15, -0.1) is 0 Å². The highest BCUT2D eigenvalue weighted by Gasteiger charge is 1.27. The molecule has 0 aromatic carbocycles. The first kappa shape index (κ1) is 114. The minimum absolute atomic E-state index is 0. The summed E-state index contributed by atoms with van der Waals surface area (Å²) in [4.78, 5) is 17.2. The van der Waals surface area contributed by atoms with E-state index in [4.69, 9.17) is 20.4 Å². The SMILES string of the molecule is C.N#N.O.O.O.O.O=C=C=O.[HH].[HH].[HH].[HH]. The lowest BCUT2D eigenvalue weighted by Crippen LogP contribution is -1.38. The van der Waals surface area contributed by atoms with E-state index in [0.29, 0.717) is 0 Å². The zero-order chi connectivity index (χ0) is 5.41. The molecule has 0 aliphatic rings. The smallest absolute Gasteiger partial charge is 0.221 e. The Morgan fingerprint density at radius 1 is 0.818 bits per heavy atom. The van der Waals surface area contributed by atoms with Gasteiger partial charge in [-0.1, -0.05) is 7.43 Å². The molecule has 0 heterocycles. The summed E-state index contributed by atoms with van der Waals surface area (Å²) in [6.07, 6.45) is 0. The van der Waals surface area contributed by atoms with E-state index < -0.39 is 0 Å². The minimum atomic E-state index is 0. The summed E-state index contributed by atoms with van der Waals surface area (Å²) >= 11 is 0. The molecule has 0 rings (SSSR count). The van der Waals surface area contributed by atoms with Crippen LogP contribution in [-0.2, 0) is 9.59 Å². The van der Waals surface area contributed by atoms with Crippen molar-refractivity contribution < 1.29 is 37.2 Å². The molecule has 0 bridgehead atoms. The standard InChI is InChI=1S/C2O2.CH4.N2.4H2O.4H2/c3-1-2-4;;1-2;;;;;;;;/h;1H4;;4*1H2;4*1H. The van der Waals surface area contributed by atoms with Crippen LogP contribution in [-0.4, -0.2) is 33.8 Å². The highest BCUT2D eigenvalue weighted by atomic mass is 16.1. The molecule has 0 fully saturated rings. The van der Waals surface area contributed by atoms with E-state index in [-0.39, 0.29) is 35.0 Å². The summed E-state index contributed by atoms with van der Waals surface area (Å²) in [6, 6.07) is 0. The van der Waals surface area contributed by atoms with E-state index >= 15 is 0 Å². The predicted molar refractivity (Wildman–Crippen MR) is 44.5 cm³/mol. The average molecular weight is 180 g/mol. The van der Waals surface area contributed by atoms with Crippen LogP contribution in [0.15, 0.2) is 0 Å². The zero-order valence-electron chi connectivity index (χ0n) is 4.71. The molecule has 0 saturated carbocycles. The van der Waals surface area contributed by atoms with Gasteiger partial charge >= 0.3 is 0 Å². The Morgan fingerprint density at radius 2 is 0.909 bits per heavy atom. The summed E-state index contributed by atoms with van der Waals surface area (Å²) in [6.45, 7) is 0. The normalized spacial score (nSPS) is 1.27. The average Bonchev–Trinajstić information content (AvgIpc) is 1.72. The Morgan fingerprint density at radius 3 is 0.909 bits per heavy atom. The predicted octanol–water partition coefficient (Wildman–Crippen LogP) is -2.44. The van der Waals surface area contributed by atoms with Crippen LogP contribution in [0.1, 0.15) is 13.1 Å². The summed E-state index contributed by atoms with van der Waals surface area (Å²) in [5.74, 6) is 1.75. The second-order valence-corrected chi connectivity index (χ2v) is 0.204. The van der Waals surface area contributed by atoms with Crippen molar-refractivity contribution in [1.29, 1.82) is 10.8 Å². The molecule has 0 aliphatic carbocycles. The van der Waals surface area contributed by atoms with Crippen molar-refractivity contribution >= 4 is 11.9 Å². The molecule has 0 aromatic rings. The van der Waals surface area contributed by atoms with Gasteiger partial charge in [-0.2, -0.15) is 0 Å². The van der Waals surface area contributed by atoms with Gasteiger partial charge in [-0.05, 0) is 0 Å². The van der Waals surface area contributed by atoms with Gasteiger partial charge in [0, 0.05) is 16.5 Å². The van der Waals surface area contributed by atoms with Crippen LogP contribution in [0, 0.1) is 10.8 Å². The molecule has 0 saturated heterocycles. The van der Waals surface area contributed by atoms with Crippen LogP contribution in [0.5, 0.6) is 0 Å². The summed E-state index contributed by atoms with van der Waals surface area (Å²) in [5, 5.41) is 12.0. The molecule has 8 heteroatoms. The molecular formula is C3H20N2O6. The monoisotopic (exact) mass is 180 g/mol. The van der Waals surface area contributed by atoms with Crippen molar-refractivity contribution in [2.24, 2.45) is 0 Å². The van der Waals surface area contributed by atoms with Gasteiger partial charge in [0.15, 0.2) is 0 Å². The van der Waals surface area contributed by atoms with Crippen LogP contribution >= 0.6 is 0 Å². The lowest BCUT2D eigenvalue weighted by molar-refractivity contribution is 0.552. The fraction of sp³-hybridized carbons (Fsp3) is 0.333. The van der Waals surface area contributed by atoms with Gasteiger partial charge in [0.2, 0.25) is 11.9 Å². The number of hydrogen-bond acceptors (Lipinski definition) is 4. The van der Waals surface area contributed by atoms with Crippen molar-refractivity contribution in [3.8, 4) is 0 Å². The van der Waals surface area contributed by atoms with Crippen molar-refractivity contribution in [3.05, 3.63) is 0 Å². The highest BCUT2D eigenvalue weighted by molar-refractivity contribution is 5.81. The number of hydrogen-bond donors (Lipinski definition) is 0. The Balaban J connectivity index is -0.00000000155. The Kier molecular flexibility index (Phi) is 27200. The third-order valence-corrected chi connectivity index (χ3v) is 0.0417. The lowest BCUT2D eigenvalue weighted by atomic mass is 11.2. The molecular weight excluding hydrogens is 160 g/mol. The zero-order valence-corrected chi connectivity index (χ0v) is 4.71. The Hall–Kier alpha value is -1.58. The van der Waals surface area contributed by atoms with Gasteiger partial charge in [0.25, 0.3) is 0 Å². The van der Waals surface area contributed by atoms with Crippen molar-refractivity contribution in [3.63, 3.8) is 0 Å². The highest BCUT2D eigenvalue weighted by Crippen LogP contribution is 0.915. The molecule has 0 spiro atoms. The van der Waals surface area contributed by atoms with Crippen molar-refractivity contribution in [1.82, 2.24) is 0 Å². The quantitative estimate of drug-likeness (QED) is 0.293. The summed E-state index contributed by atoms with van der Waals surface area (Å²) in [7, 11) is 0. The molecule has 78 valence electrons. The van der Waals surface area contributed by atoms with Gasteiger partial charge in [0.1, 0.15) is 0 Å². The molecule has 0 aromatic heterocycles. The van der Waals surface area contributed by atoms with Gasteiger partial charge in [0.05, 0.1) is 0 Å². The number of nitrogens with zero attached hydrogens (tertiary/aromatic N) is 2. The summed E-state index contributed by atoms with van der Waals surface area (Å²) in [5.41, 5.74) is 0. The summed E-state index contributed by atoms with van der Waals surface area (Å²) < 4.78 is 0. The van der Waals surface area contributed by atoms with E-state index in [1.54, 1.807) is 0 Å². The Labute approximate surface area is 68.7 Å². The maximum atomic E-state index is 8.62. The number of carbonyl (C=O) groups excluding carboxylic acids is 2. The third kappa shape index (κ3) is 1030. The largest absolute Gasteiger partial charge is 0.412 e. The van der Waals surface area contributed by atoms with Crippen LogP contribution in [0.3, 0.4) is 0 Å². The number of rotatable bonds is 0. The topological polar surface area (TPSA) is 208 Å². The molecule has 0 amide bonds. The second kappa shape index (κ2) is 2630. The van der Waals surface area contributed by atoms with Crippen molar-refractivity contribution in [2.75, 3.05) is 0 Å². The first-order chi connectivity index (χ1) is 2.91. The minimum Gasteiger partial charge on any atom is -0.412 e. The molecule has 0 aliphatic heterocycles. The fourth-order valence-corrected chi connectivity index (χ4v) is 0. The molecule has 0 unspecified atom stereocenters. The van der Waals surface area contributed by atoms with Crippen LogP contribution in [0.2, 0.25) is 0 Å².